The molecule has 3 heterocycles. The Morgan fingerprint density at radius 3 is 2.28 bits per heavy atom. The minimum absolute atomic E-state index is 0.0141. The normalized spacial score (nSPS) is 15.4. The van der Waals surface area contributed by atoms with E-state index in [0.29, 0.717) is 0 Å². The minimum atomic E-state index is -0.0141. The Labute approximate surface area is 188 Å². The van der Waals surface area contributed by atoms with Crippen LogP contribution in [0.3, 0.4) is 0 Å². The average molecular weight is 428 g/mol. The lowest BCUT2D eigenvalue weighted by Gasteiger charge is -2.34. The van der Waals surface area contributed by atoms with Crippen LogP contribution in [0.25, 0.3) is 5.65 Å². The van der Waals surface area contributed by atoms with Gasteiger partial charge in [-0.1, -0.05) is 60.7 Å². The molecule has 0 saturated carbocycles. The van der Waals surface area contributed by atoms with Crippen LogP contribution in [0.4, 0.5) is 5.82 Å². The highest BCUT2D eigenvalue weighted by molar-refractivity contribution is 5.43. The second kappa shape index (κ2) is 9.94. The van der Waals surface area contributed by atoms with E-state index in [4.69, 9.17) is 4.74 Å². The van der Waals surface area contributed by atoms with Crippen LogP contribution in [0.2, 0.25) is 0 Å². The first-order chi connectivity index (χ1) is 15.8. The van der Waals surface area contributed by atoms with Gasteiger partial charge in [-0.15, -0.1) is 5.10 Å². The van der Waals surface area contributed by atoms with E-state index >= 15 is 0 Å². The molecule has 0 spiro atoms. The maximum Gasteiger partial charge on any atom is 0.153 e. The molecular weight excluding hydrogens is 398 g/mol. The number of hydrogen-bond donors (Lipinski definition) is 1. The van der Waals surface area contributed by atoms with Crippen LogP contribution in [0, 0.1) is 0 Å². The van der Waals surface area contributed by atoms with E-state index in [-0.39, 0.29) is 12.2 Å². The molecule has 1 aliphatic heterocycles. The van der Waals surface area contributed by atoms with E-state index in [1.807, 2.05) is 18.3 Å². The maximum atomic E-state index is 6.66. The summed E-state index contributed by atoms with van der Waals surface area (Å²) in [6.45, 7) is 3.97. The predicted molar refractivity (Wildman–Crippen MR) is 127 cm³/mol. The van der Waals surface area contributed by atoms with Gasteiger partial charge in [-0.2, -0.15) is 0 Å². The average Bonchev–Trinajstić information content (AvgIpc) is 3.33. The number of nitrogens with zero attached hydrogens (tertiary/aromatic N) is 4. The Hall–Kier alpha value is -3.22. The number of ether oxygens (including phenoxy) is 1. The van der Waals surface area contributed by atoms with Gasteiger partial charge in [0.1, 0.15) is 11.9 Å². The molecular formula is C26H29N5O. The van der Waals surface area contributed by atoms with Gasteiger partial charge in [0.15, 0.2) is 5.65 Å². The highest BCUT2D eigenvalue weighted by atomic mass is 16.5. The zero-order valence-corrected chi connectivity index (χ0v) is 18.2. The smallest absolute Gasteiger partial charge is 0.153 e. The molecule has 0 unspecified atom stereocenters. The maximum absolute atomic E-state index is 6.66. The zero-order valence-electron chi connectivity index (χ0n) is 18.2. The molecule has 0 bridgehead atoms. The SMILES string of the molecule is c1ccc(C(OC2CCN(CCNc3ccc4nccn4n3)CC2)c2ccccc2)cc1. The Morgan fingerprint density at radius 1 is 0.906 bits per heavy atom. The van der Waals surface area contributed by atoms with E-state index in [0.717, 1.165) is 50.5 Å². The van der Waals surface area contributed by atoms with Crippen LogP contribution >= 0.6 is 0 Å². The Kier molecular flexibility index (Phi) is 6.42. The van der Waals surface area contributed by atoms with Crippen molar-refractivity contribution in [1.29, 1.82) is 0 Å². The molecule has 2 aromatic heterocycles. The van der Waals surface area contributed by atoms with Gasteiger partial charge >= 0.3 is 0 Å². The van der Waals surface area contributed by atoms with E-state index < -0.39 is 0 Å². The lowest BCUT2D eigenvalue weighted by molar-refractivity contribution is -0.0263. The summed E-state index contributed by atoms with van der Waals surface area (Å²) in [4.78, 5) is 6.73. The summed E-state index contributed by atoms with van der Waals surface area (Å²) in [5.74, 6) is 0.877. The molecule has 0 atom stereocenters. The lowest BCUT2D eigenvalue weighted by atomic mass is 10.00. The van der Waals surface area contributed by atoms with Gasteiger partial charge in [0, 0.05) is 38.6 Å². The topological polar surface area (TPSA) is 54.7 Å². The van der Waals surface area contributed by atoms with E-state index in [1.54, 1.807) is 10.7 Å². The number of hydrogen-bond acceptors (Lipinski definition) is 5. The molecule has 0 radical (unpaired) electrons. The van der Waals surface area contributed by atoms with E-state index in [1.165, 1.54) is 11.1 Å². The third-order valence-corrected chi connectivity index (χ3v) is 6.06. The van der Waals surface area contributed by atoms with Gasteiger partial charge in [0.25, 0.3) is 0 Å². The fraction of sp³-hybridized carbons (Fsp3) is 0.308. The molecule has 32 heavy (non-hydrogen) atoms. The standard InChI is InChI=1S/C26H29N5O/c1-3-7-21(8-4-1)26(22-9-5-2-6-10-22)32-23-13-17-30(18-14-23)19-15-27-24-11-12-25-28-16-20-31(25)29-24/h1-12,16,20,23,26H,13-15,17-19H2,(H,27,29). The van der Waals surface area contributed by atoms with Crippen molar-refractivity contribution in [2.75, 3.05) is 31.5 Å². The summed E-state index contributed by atoms with van der Waals surface area (Å²) in [6, 6.07) is 25.1. The van der Waals surface area contributed by atoms with Gasteiger partial charge in [-0.05, 0) is 36.1 Å². The van der Waals surface area contributed by atoms with Gasteiger partial charge in [0.05, 0.1) is 6.10 Å². The quantitative estimate of drug-likeness (QED) is 0.451. The number of rotatable bonds is 8. The Morgan fingerprint density at radius 2 is 1.59 bits per heavy atom. The molecule has 2 aromatic carbocycles. The highest BCUT2D eigenvalue weighted by Crippen LogP contribution is 2.29. The van der Waals surface area contributed by atoms with Crippen molar-refractivity contribution in [3.63, 3.8) is 0 Å². The van der Waals surface area contributed by atoms with Crippen molar-refractivity contribution in [2.24, 2.45) is 0 Å². The Balaban J connectivity index is 1.12. The van der Waals surface area contributed by atoms with Crippen LogP contribution < -0.4 is 5.32 Å². The summed E-state index contributed by atoms with van der Waals surface area (Å²) >= 11 is 0. The van der Waals surface area contributed by atoms with Gasteiger partial charge in [0.2, 0.25) is 0 Å². The van der Waals surface area contributed by atoms with Crippen LogP contribution in [0.15, 0.2) is 85.2 Å². The largest absolute Gasteiger partial charge is 0.367 e. The molecule has 1 N–H and O–H groups in total. The van der Waals surface area contributed by atoms with E-state index in [2.05, 4.69) is 81.0 Å². The third-order valence-electron chi connectivity index (χ3n) is 6.06. The number of nitrogens with one attached hydrogen (secondary N) is 1. The van der Waals surface area contributed by atoms with Crippen molar-refractivity contribution in [1.82, 2.24) is 19.5 Å². The number of benzene rings is 2. The molecule has 1 fully saturated rings. The summed E-state index contributed by atoms with van der Waals surface area (Å²) < 4.78 is 8.45. The van der Waals surface area contributed by atoms with E-state index in [9.17, 15) is 0 Å². The molecule has 5 rings (SSSR count). The van der Waals surface area contributed by atoms with Crippen molar-refractivity contribution < 1.29 is 4.74 Å². The molecule has 6 heteroatoms. The lowest BCUT2D eigenvalue weighted by Crippen LogP contribution is -2.39. The van der Waals surface area contributed by atoms with Gasteiger partial charge in [-0.3, -0.25) is 0 Å². The monoisotopic (exact) mass is 427 g/mol. The molecule has 4 aromatic rings. The minimum Gasteiger partial charge on any atom is -0.367 e. The number of likely N-dealkylation sites (tertiary alicyclic amines) is 1. The van der Waals surface area contributed by atoms with Gasteiger partial charge in [-0.25, -0.2) is 9.50 Å². The number of imidazole rings is 1. The summed E-state index contributed by atoms with van der Waals surface area (Å²) in [6.07, 6.45) is 5.99. The highest BCUT2D eigenvalue weighted by Gasteiger charge is 2.24. The molecule has 0 amide bonds. The first kappa shape index (κ1) is 20.7. The second-order valence-electron chi connectivity index (χ2n) is 8.25. The number of piperidine rings is 1. The van der Waals surface area contributed by atoms with Crippen LogP contribution in [0.1, 0.15) is 30.1 Å². The summed E-state index contributed by atoms with van der Waals surface area (Å²) in [7, 11) is 0. The zero-order chi connectivity index (χ0) is 21.6. The third kappa shape index (κ3) is 4.98. The molecule has 6 nitrogen and oxygen atoms in total. The van der Waals surface area contributed by atoms with Crippen molar-refractivity contribution >= 4 is 11.5 Å². The van der Waals surface area contributed by atoms with Crippen LogP contribution in [-0.4, -0.2) is 51.8 Å². The first-order valence-corrected chi connectivity index (χ1v) is 11.4. The van der Waals surface area contributed by atoms with Crippen molar-refractivity contribution in [2.45, 2.75) is 25.0 Å². The predicted octanol–water partition coefficient (Wildman–Crippen LogP) is 4.41. The first-order valence-electron chi connectivity index (χ1n) is 11.4. The fourth-order valence-corrected chi connectivity index (χ4v) is 4.32. The van der Waals surface area contributed by atoms with Crippen molar-refractivity contribution in [3.05, 3.63) is 96.3 Å². The summed E-state index contributed by atoms with van der Waals surface area (Å²) in [5.41, 5.74) is 3.29. The Bertz CT molecular complexity index is 1070. The van der Waals surface area contributed by atoms with Crippen LogP contribution in [0.5, 0.6) is 0 Å². The molecule has 1 saturated heterocycles. The molecule has 0 aliphatic carbocycles. The number of fused-ring (bicyclic) bond motifs is 1. The number of aromatic nitrogens is 3. The molecule has 164 valence electrons. The van der Waals surface area contributed by atoms with Crippen molar-refractivity contribution in [3.8, 4) is 0 Å². The molecule has 1 aliphatic rings. The van der Waals surface area contributed by atoms with Gasteiger partial charge < -0.3 is 15.0 Å². The second-order valence-corrected chi connectivity index (χ2v) is 8.25. The fourth-order valence-electron chi connectivity index (χ4n) is 4.32. The van der Waals surface area contributed by atoms with Crippen LogP contribution in [-0.2, 0) is 4.74 Å². The summed E-state index contributed by atoms with van der Waals surface area (Å²) in [5, 5.41) is 7.95. The number of anilines is 1.